The minimum absolute atomic E-state index is 0.0727. The summed E-state index contributed by atoms with van der Waals surface area (Å²) in [5.74, 6) is -0.714. The summed E-state index contributed by atoms with van der Waals surface area (Å²) < 4.78 is 5.68. The number of allylic oxidation sites excluding steroid dienone is 2. The Morgan fingerprint density at radius 1 is 0.974 bits per heavy atom. The molecule has 1 aliphatic heterocycles. The Balaban J connectivity index is 1.37. The Morgan fingerprint density at radius 2 is 1.74 bits per heavy atom. The second-order valence-corrected chi connectivity index (χ2v) is 10.1. The van der Waals surface area contributed by atoms with E-state index in [4.69, 9.17) is 4.42 Å². The van der Waals surface area contributed by atoms with Crippen LogP contribution in [0.5, 0.6) is 0 Å². The van der Waals surface area contributed by atoms with Crippen LogP contribution in [-0.4, -0.2) is 17.6 Å². The van der Waals surface area contributed by atoms with Crippen LogP contribution in [0.1, 0.15) is 24.2 Å². The summed E-state index contributed by atoms with van der Waals surface area (Å²) in [6.07, 6.45) is 1.52. The molecule has 0 spiro atoms. The van der Waals surface area contributed by atoms with Crippen molar-refractivity contribution in [2.75, 3.05) is 16.4 Å². The number of thioether (sulfide) groups is 1. The highest BCUT2D eigenvalue weighted by Crippen LogP contribution is 2.41. The van der Waals surface area contributed by atoms with Crippen LogP contribution >= 0.6 is 11.8 Å². The summed E-state index contributed by atoms with van der Waals surface area (Å²) in [5.41, 5.74) is 3.59. The molecular formula is C31H26N4O3S. The molecule has 8 heteroatoms. The topological polar surface area (TPSA) is 107 Å². The number of amides is 2. The Labute approximate surface area is 230 Å². The number of carbonyl (C=O) groups is 2. The minimum Gasteiger partial charge on any atom is -0.468 e. The standard InChI is InChI=1S/C31H26N4O3S/c1-19-8-3-6-11-25(19)35-30(37)28-20(2)33-31(24(17-32)29(28)26-12-7-15-38-26)39-18-27(36)34-23-14-13-21-9-4-5-10-22(21)16-23/h3-16,29,33H,18H2,1-2H3,(H,34,36)(H,35,37)/t29-/m1/s1. The molecule has 0 radical (unpaired) electrons. The summed E-state index contributed by atoms with van der Waals surface area (Å²) in [6, 6.07) is 26.9. The van der Waals surface area contributed by atoms with Gasteiger partial charge in [-0.1, -0.05) is 60.3 Å². The Hall–Kier alpha value is -4.74. The lowest BCUT2D eigenvalue weighted by Crippen LogP contribution is -2.31. The van der Waals surface area contributed by atoms with Gasteiger partial charge in [-0.2, -0.15) is 5.26 Å². The lowest BCUT2D eigenvalue weighted by molar-refractivity contribution is -0.114. The Bertz CT molecular complexity index is 1660. The average molecular weight is 535 g/mol. The molecule has 2 amide bonds. The van der Waals surface area contributed by atoms with Gasteiger partial charge in [0.15, 0.2) is 0 Å². The van der Waals surface area contributed by atoms with E-state index in [1.165, 1.54) is 18.0 Å². The van der Waals surface area contributed by atoms with Gasteiger partial charge in [-0.15, -0.1) is 0 Å². The van der Waals surface area contributed by atoms with Gasteiger partial charge >= 0.3 is 0 Å². The van der Waals surface area contributed by atoms with Gasteiger partial charge in [-0.05, 0) is 60.5 Å². The molecule has 3 aromatic carbocycles. The van der Waals surface area contributed by atoms with Gasteiger partial charge in [0.05, 0.1) is 40.2 Å². The van der Waals surface area contributed by atoms with E-state index in [0.717, 1.165) is 16.3 Å². The fraction of sp³-hybridized carbons (Fsp3) is 0.129. The molecule has 1 aromatic heterocycles. The number of hydrogen-bond acceptors (Lipinski definition) is 6. The van der Waals surface area contributed by atoms with Gasteiger partial charge < -0.3 is 20.4 Å². The van der Waals surface area contributed by atoms with Crippen LogP contribution in [-0.2, 0) is 9.59 Å². The number of nitriles is 1. The third kappa shape index (κ3) is 5.59. The maximum Gasteiger partial charge on any atom is 0.254 e. The summed E-state index contributed by atoms with van der Waals surface area (Å²) in [5, 5.41) is 21.9. The van der Waals surface area contributed by atoms with Crippen molar-refractivity contribution in [3.05, 3.63) is 118 Å². The number of dihydropyridines is 1. The van der Waals surface area contributed by atoms with E-state index in [0.29, 0.717) is 39.0 Å². The van der Waals surface area contributed by atoms with E-state index < -0.39 is 5.92 Å². The first-order valence-electron chi connectivity index (χ1n) is 12.4. The number of benzene rings is 3. The maximum atomic E-state index is 13.5. The summed E-state index contributed by atoms with van der Waals surface area (Å²) in [4.78, 5) is 26.3. The molecule has 1 atom stereocenters. The highest BCUT2D eigenvalue weighted by molar-refractivity contribution is 8.03. The Morgan fingerprint density at radius 3 is 2.49 bits per heavy atom. The normalized spacial score (nSPS) is 15.1. The first-order chi connectivity index (χ1) is 18.9. The molecule has 0 saturated heterocycles. The number of nitrogens with zero attached hydrogens (tertiary/aromatic N) is 1. The molecule has 39 heavy (non-hydrogen) atoms. The third-order valence-electron chi connectivity index (χ3n) is 6.49. The van der Waals surface area contributed by atoms with Crippen LogP contribution in [0.25, 0.3) is 10.8 Å². The van der Waals surface area contributed by atoms with Gasteiger partial charge in [0, 0.05) is 17.1 Å². The van der Waals surface area contributed by atoms with Gasteiger partial charge in [0.1, 0.15) is 5.76 Å². The molecule has 194 valence electrons. The van der Waals surface area contributed by atoms with Gasteiger partial charge in [-0.25, -0.2) is 0 Å². The molecule has 0 aliphatic carbocycles. The van der Waals surface area contributed by atoms with Crippen LogP contribution in [0.2, 0.25) is 0 Å². The number of para-hydroxylation sites is 1. The molecule has 0 fully saturated rings. The monoisotopic (exact) mass is 534 g/mol. The first kappa shape index (κ1) is 25.9. The predicted molar refractivity (Wildman–Crippen MR) is 155 cm³/mol. The lowest BCUT2D eigenvalue weighted by atomic mass is 9.85. The number of nitrogens with one attached hydrogen (secondary N) is 3. The zero-order valence-corrected chi connectivity index (χ0v) is 22.3. The van der Waals surface area contributed by atoms with E-state index in [9.17, 15) is 14.9 Å². The van der Waals surface area contributed by atoms with Gasteiger partial charge in [-0.3, -0.25) is 9.59 Å². The summed E-state index contributed by atoms with van der Waals surface area (Å²) in [7, 11) is 0. The molecular weight excluding hydrogens is 508 g/mol. The zero-order chi connectivity index (χ0) is 27.4. The van der Waals surface area contributed by atoms with Crippen molar-refractivity contribution in [1.82, 2.24) is 5.32 Å². The van der Waals surface area contributed by atoms with Crippen molar-refractivity contribution in [2.45, 2.75) is 19.8 Å². The quantitative estimate of drug-likeness (QED) is 0.252. The average Bonchev–Trinajstić information content (AvgIpc) is 3.47. The van der Waals surface area contributed by atoms with Crippen LogP contribution in [0.15, 0.2) is 111 Å². The van der Waals surface area contributed by atoms with Gasteiger partial charge in [0.25, 0.3) is 5.91 Å². The number of fused-ring (bicyclic) bond motifs is 1. The number of hydrogen-bond donors (Lipinski definition) is 3. The van der Waals surface area contributed by atoms with E-state index in [-0.39, 0.29) is 17.6 Å². The SMILES string of the molecule is CC1=C(C(=O)Nc2ccccc2C)[C@@H](c2ccco2)C(C#N)=C(SCC(=O)Nc2ccc3ccccc3c2)N1. The molecule has 0 unspecified atom stereocenters. The third-order valence-corrected chi connectivity index (χ3v) is 7.51. The number of carbonyl (C=O) groups excluding carboxylic acids is 2. The van der Waals surface area contributed by atoms with Crippen LogP contribution < -0.4 is 16.0 Å². The lowest BCUT2D eigenvalue weighted by Gasteiger charge is -2.28. The van der Waals surface area contributed by atoms with E-state index in [1.54, 1.807) is 19.1 Å². The molecule has 2 heterocycles. The van der Waals surface area contributed by atoms with Crippen molar-refractivity contribution in [3.8, 4) is 6.07 Å². The smallest absolute Gasteiger partial charge is 0.254 e. The number of furan rings is 1. The number of rotatable bonds is 7. The second-order valence-electron chi connectivity index (χ2n) is 9.13. The molecule has 0 saturated carbocycles. The molecule has 3 N–H and O–H groups in total. The molecule has 5 rings (SSSR count). The van der Waals surface area contributed by atoms with Crippen molar-refractivity contribution < 1.29 is 14.0 Å². The molecule has 0 bridgehead atoms. The first-order valence-corrected chi connectivity index (χ1v) is 13.4. The fourth-order valence-electron chi connectivity index (χ4n) is 4.57. The number of aryl methyl sites for hydroxylation is 1. The summed E-state index contributed by atoms with van der Waals surface area (Å²) in [6.45, 7) is 3.70. The minimum atomic E-state index is -0.721. The Kier molecular flexibility index (Phi) is 7.53. The predicted octanol–water partition coefficient (Wildman–Crippen LogP) is 6.45. The molecule has 1 aliphatic rings. The largest absolute Gasteiger partial charge is 0.468 e. The van der Waals surface area contributed by atoms with Crippen LogP contribution in [0.4, 0.5) is 11.4 Å². The van der Waals surface area contributed by atoms with Gasteiger partial charge in [0.2, 0.25) is 5.91 Å². The highest BCUT2D eigenvalue weighted by Gasteiger charge is 2.36. The highest BCUT2D eigenvalue weighted by atomic mass is 32.2. The van der Waals surface area contributed by atoms with Crippen LogP contribution in [0.3, 0.4) is 0 Å². The van der Waals surface area contributed by atoms with Crippen molar-refractivity contribution in [2.24, 2.45) is 0 Å². The zero-order valence-electron chi connectivity index (χ0n) is 21.4. The summed E-state index contributed by atoms with van der Waals surface area (Å²) >= 11 is 1.21. The second kappa shape index (κ2) is 11.3. The van der Waals surface area contributed by atoms with Crippen molar-refractivity contribution in [3.63, 3.8) is 0 Å². The van der Waals surface area contributed by atoms with Crippen molar-refractivity contribution >= 4 is 45.7 Å². The fourth-order valence-corrected chi connectivity index (χ4v) is 5.46. The molecule has 4 aromatic rings. The number of anilines is 2. The van der Waals surface area contributed by atoms with E-state index in [1.807, 2.05) is 73.7 Å². The molecule has 7 nitrogen and oxygen atoms in total. The maximum absolute atomic E-state index is 13.5. The van der Waals surface area contributed by atoms with E-state index in [2.05, 4.69) is 22.0 Å². The van der Waals surface area contributed by atoms with Crippen molar-refractivity contribution in [1.29, 1.82) is 5.26 Å². The van der Waals surface area contributed by atoms with Crippen LogP contribution in [0, 0.1) is 18.3 Å². The van der Waals surface area contributed by atoms with E-state index >= 15 is 0 Å².